The summed E-state index contributed by atoms with van der Waals surface area (Å²) in [6.07, 6.45) is 4.82. The first-order chi connectivity index (χ1) is 11.7. The summed E-state index contributed by atoms with van der Waals surface area (Å²) in [6, 6.07) is 0.200. The average molecular weight is 349 g/mol. The van der Waals surface area contributed by atoms with E-state index in [0.29, 0.717) is 6.54 Å². The zero-order valence-electron chi connectivity index (χ0n) is 15.3. The molecule has 146 valence electrons. The number of aliphatic hydroxyl groups is 3. The Morgan fingerprint density at radius 2 is 1.50 bits per heavy atom. The Bertz CT molecular complexity index is 260. The smallest absolute Gasteiger partial charge is 0.0662 e. The fraction of sp³-hybridized carbons (Fsp3) is 1.00. The van der Waals surface area contributed by atoms with Gasteiger partial charge in [0.05, 0.1) is 6.10 Å². The lowest BCUT2D eigenvalue weighted by molar-refractivity contribution is 0.167. The van der Waals surface area contributed by atoms with Crippen LogP contribution in [0.15, 0.2) is 0 Å². The summed E-state index contributed by atoms with van der Waals surface area (Å²) in [7, 11) is 0. The first-order valence-corrected chi connectivity index (χ1v) is 9.45. The quantitative estimate of drug-likeness (QED) is 0.161. The Morgan fingerprint density at radius 1 is 0.875 bits per heavy atom. The van der Waals surface area contributed by atoms with Gasteiger partial charge in [0.15, 0.2) is 0 Å². The lowest BCUT2D eigenvalue weighted by Gasteiger charge is -2.26. The molecule has 0 fully saturated rings. The van der Waals surface area contributed by atoms with Gasteiger partial charge < -0.3 is 37.0 Å². The largest absolute Gasteiger partial charge is 0.396 e. The Labute approximate surface area is 147 Å². The van der Waals surface area contributed by atoms with Crippen LogP contribution in [0.4, 0.5) is 0 Å². The van der Waals surface area contributed by atoms with Crippen LogP contribution in [-0.4, -0.2) is 79.4 Å². The van der Waals surface area contributed by atoms with Crippen LogP contribution < -0.4 is 21.7 Å². The van der Waals surface area contributed by atoms with Gasteiger partial charge in [0.25, 0.3) is 0 Å². The minimum absolute atomic E-state index is 0.0238. The molecule has 0 aromatic rings. The third-order valence-corrected chi connectivity index (χ3v) is 4.14. The highest BCUT2D eigenvalue weighted by Gasteiger charge is 2.16. The lowest BCUT2D eigenvalue weighted by Crippen LogP contribution is -2.52. The molecule has 0 aliphatic carbocycles. The van der Waals surface area contributed by atoms with Crippen LogP contribution in [0.1, 0.15) is 45.4 Å². The maximum Gasteiger partial charge on any atom is 0.0662 e. The van der Waals surface area contributed by atoms with E-state index in [1.807, 2.05) is 6.92 Å². The van der Waals surface area contributed by atoms with Crippen molar-refractivity contribution in [1.82, 2.24) is 16.0 Å². The predicted molar refractivity (Wildman–Crippen MR) is 99.1 cm³/mol. The first-order valence-electron chi connectivity index (χ1n) is 9.45. The molecule has 0 amide bonds. The maximum absolute atomic E-state index is 9.53. The van der Waals surface area contributed by atoms with Gasteiger partial charge in [-0.15, -0.1) is 0 Å². The van der Waals surface area contributed by atoms with Crippen LogP contribution in [0.25, 0.3) is 0 Å². The van der Waals surface area contributed by atoms with Crippen molar-refractivity contribution in [3.63, 3.8) is 0 Å². The fourth-order valence-corrected chi connectivity index (χ4v) is 2.40. The standard InChI is InChI=1S/C17H40N4O3/c1-2-15(24)13-20-10-7-16(18)17(21-9-4-6-12-23)14-19-8-3-5-11-22/h15-17,19-24H,2-14,18H2,1H3. The number of unbranched alkanes of at least 4 members (excludes halogenated alkanes) is 2. The summed E-state index contributed by atoms with van der Waals surface area (Å²) >= 11 is 0. The van der Waals surface area contributed by atoms with E-state index >= 15 is 0 Å². The van der Waals surface area contributed by atoms with Gasteiger partial charge in [0, 0.05) is 38.4 Å². The molecular weight excluding hydrogens is 308 g/mol. The number of nitrogens with one attached hydrogen (secondary N) is 3. The van der Waals surface area contributed by atoms with Crippen molar-refractivity contribution in [3.05, 3.63) is 0 Å². The molecule has 7 nitrogen and oxygen atoms in total. The van der Waals surface area contributed by atoms with E-state index in [-0.39, 0.29) is 31.4 Å². The number of hydrogen-bond donors (Lipinski definition) is 7. The molecule has 0 aromatic carbocycles. The van der Waals surface area contributed by atoms with Gasteiger partial charge in [-0.3, -0.25) is 0 Å². The summed E-state index contributed by atoms with van der Waals surface area (Å²) < 4.78 is 0. The van der Waals surface area contributed by atoms with Crippen LogP contribution >= 0.6 is 0 Å². The van der Waals surface area contributed by atoms with Crippen molar-refractivity contribution in [2.45, 2.75) is 63.6 Å². The Morgan fingerprint density at radius 3 is 2.12 bits per heavy atom. The van der Waals surface area contributed by atoms with E-state index in [1.54, 1.807) is 0 Å². The lowest BCUT2D eigenvalue weighted by atomic mass is 10.0. The Balaban J connectivity index is 4.03. The van der Waals surface area contributed by atoms with Crippen molar-refractivity contribution in [1.29, 1.82) is 0 Å². The van der Waals surface area contributed by atoms with E-state index in [2.05, 4.69) is 16.0 Å². The van der Waals surface area contributed by atoms with Crippen LogP contribution in [0, 0.1) is 0 Å². The molecule has 7 heteroatoms. The van der Waals surface area contributed by atoms with Crippen molar-refractivity contribution in [2.24, 2.45) is 5.73 Å². The molecule has 0 rings (SSSR count). The molecule has 0 spiro atoms. The maximum atomic E-state index is 9.53. The zero-order valence-corrected chi connectivity index (χ0v) is 15.3. The molecule has 0 radical (unpaired) electrons. The van der Waals surface area contributed by atoms with Crippen LogP contribution in [0.2, 0.25) is 0 Å². The van der Waals surface area contributed by atoms with Crippen molar-refractivity contribution < 1.29 is 15.3 Å². The molecule has 0 aliphatic heterocycles. The first kappa shape index (κ1) is 23.7. The summed E-state index contributed by atoms with van der Waals surface area (Å²) in [5, 5.41) is 37.3. The van der Waals surface area contributed by atoms with E-state index in [1.165, 1.54) is 0 Å². The molecule has 24 heavy (non-hydrogen) atoms. The van der Waals surface area contributed by atoms with Crippen LogP contribution in [-0.2, 0) is 0 Å². The Kier molecular flexibility index (Phi) is 17.3. The SMILES string of the molecule is CCC(O)CNCCC(N)C(CNCCCCO)NCCCCO. The van der Waals surface area contributed by atoms with E-state index in [4.69, 9.17) is 15.9 Å². The van der Waals surface area contributed by atoms with Crippen molar-refractivity contribution in [2.75, 3.05) is 45.9 Å². The number of nitrogens with two attached hydrogens (primary N) is 1. The predicted octanol–water partition coefficient (Wildman–Crippen LogP) is -0.843. The summed E-state index contributed by atoms with van der Waals surface area (Å²) in [6.45, 7) is 6.34. The summed E-state index contributed by atoms with van der Waals surface area (Å²) in [5.74, 6) is 0. The molecule has 0 saturated heterocycles. The van der Waals surface area contributed by atoms with Crippen LogP contribution in [0.5, 0.6) is 0 Å². The highest BCUT2D eigenvalue weighted by atomic mass is 16.3. The van der Waals surface area contributed by atoms with Gasteiger partial charge in [0.1, 0.15) is 0 Å². The molecule has 3 atom stereocenters. The van der Waals surface area contributed by atoms with Gasteiger partial charge in [0.2, 0.25) is 0 Å². The normalized spacial score (nSPS) is 15.4. The third-order valence-electron chi connectivity index (χ3n) is 4.14. The molecule has 0 saturated carbocycles. The van der Waals surface area contributed by atoms with Gasteiger partial charge in [-0.1, -0.05) is 6.92 Å². The Hall–Kier alpha value is -0.280. The average Bonchev–Trinajstić information content (AvgIpc) is 2.59. The number of rotatable bonds is 18. The highest BCUT2D eigenvalue weighted by Crippen LogP contribution is 1.98. The van der Waals surface area contributed by atoms with Gasteiger partial charge >= 0.3 is 0 Å². The molecule has 0 aliphatic rings. The minimum atomic E-state index is -0.290. The monoisotopic (exact) mass is 348 g/mol. The number of hydrogen-bond acceptors (Lipinski definition) is 7. The van der Waals surface area contributed by atoms with Gasteiger partial charge in [-0.25, -0.2) is 0 Å². The second-order valence-corrected chi connectivity index (χ2v) is 6.34. The second-order valence-electron chi connectivity index (χ2n) is 6.34. The van der Waals surface area contributed by atoms with Crippen LogP contribution in [0.3, 0.4) is 0 Å². The van der Waals surface area contributed by atoms with Crippen molar-refractivity contribution in [3.8, 4) is 0 Å². The minimum Gasteiger partial charge on any atom is -0.396 e. The topological polar surface area (TPSA) is 123 Å². The molecule has 8 N–H and O–H groups in total. The van der Waals surface area contributed by atoms with E-state index in [9.17, 15) is 5.11 Å². The molecule has 0 heterocycles. The molecule has 0 bridgehead atoms. The summed E-state index contributed by atoms with van der Waals surface area (Å²) in [4.78, 5) is 0. The summed E-state index contributed by atoms with van der Waals surface area (Å²) in [5.41, 5.74) is 6.33. The van der Waals surface area contributed by atoms with Gasteiger partial charge in [-0.05, 0) is 58.2 Å². The molecule has 3 unspecified atom stereocenters. The van der Waals surface area contributed by atoms with E-state index < -0.39 is 0 Å². The number of aliphatic hydroxyl groups excluding tert-OH is 3. The zero-order chi connectivity index (χ0) is 18.0. The third kappa shape index (κ3) is 14.1. The highest BCUT2D eigenvalue weighted by molar-refractivity contribution is 4.82. The molecular formula is C17H40N4O3. The van der Waals surface area contributed by atoms with E-state index in [0.717, 1.165) is 64.7 Å². The van der Waals surface area contributed by atoms with Gasteiger partial charge in [-0.2, -0.15) is 0 Å². The fourth-order valence-electron chi connectivity index (χ4n) is 2.40. The molecule has 0 aromatic heterocycles. The van der Waals surface area contributed by atoms with Crippen molar-refractivity contribution >= 4 is 0 Å². The second kappa shape index (κ2) is 17.5.